The highest BCUT2D eigenvalue weighted by molar-refractivity contribution is 5.94. The number of aliphatic hydroxyl groups is 2. The first-order valence-corrected chi connectivity index (χ1v) is 12.2. The molecule has 1 aromatic rings. The number of benzene rings is 1. The molecule has 14 heteroatoms. The van der Waals surface area contributed by atoms with Crippen molar-refractivity contribution in [3.8, 4) is 0 Å². The molecule has 0 aliphatic rings. The minimum atomic E-state index is -1.59. The van der Waals surface area contributed by atoms with E-state index in [1.54, 1.807) is 30.3 Å². The molecular formula is C24H38N6O8. The maximum Gasteiger partial charge on any atom is 0.326 e. The third-order valence-electron chi connectivity index (χ3n) is 5.52. The molecule has 0 aromatic heterocycles. The van der Waals surface area contributed by atoms with Gasteiger partial charge in [-0.15, -0.1) is 0 Å². The normalized spacial score (nSPS) is 14.8. The van der Waals surface area contributed by atoms with Crippen molar-refractivity contribution in [3.05, 3.63) is 35.9 Å². The second kappa shape index (κ2) is 17.0. The highest BCUT2D eigenvalue weighted by atomic mass is 16.4. The topological polar surface area (TPSA) is 246 Å². The first-order chi connectivity index (χ1) is 18.0. The zero-order chi connectivity index (χ0) is 28.7. The summed E-state index contributed by atoms with van der Waals surface area (Å²) in [6, 6.07) is 3.24. The third-order valence-corrected chi connectivity index (χ3v) is 5.52. The zero-order valence-electron chi connectivity index (χ0n) is 21.3. The van der Waals surface area contributed by atoms with Crippen molar-refractivity contribution >= 4 is 29.6 Å². The van der Waals surface area contributed by atoms with E-state index in [1.165, 1.54) is 6.92 Å². The molecule has 0 aliphatic heterocycles. The lowest BCUT2D eigenvalue weighted by molar-refractivity contribution is -0.143. The second-order valence-electron chi connectivity index (χ2n) is 8.73. The smallest absolute Gasteiger partial charge is 0.326 e. The van der Waals surface area contributed by atoms with E-state index in [0.717, 1.165) is 0 Å². The van der Waals surface area contributed by atoms with E-state index in [-0.39, 0.29) is 6.42 Å². The fourth-order valence-electron chi connectivity index (χ4n) is 3.35. The van der Waals surface area contributed by atoms with Crippen LogP contribution in [0.5, 0.6) is 0 Å². The van der Waals surface area contributed by atoms with Crippen LogP contribution in [0.25, 0.3) is 0 Å². The van der Waals surface area contributed by atoms with Crippen molar-refractivity contribution in [2.45, 2.75) is 62.9 Å². The van der Waals surface area contributed by atoms with Gasteiger partial charge in [0.2, 0.25) is 23.6 Å². The number of carboxylic acids is 1. The molecule has 11 N–H and O–H groups in total. The van der Waals surface area contributed by atoms with Crippen LogP contribution in [0.3, 0.4) is 0 Å². The second-order valence-corrected chi connectivity index (χ2v) is 8.73. The third kappa shape index (κ3) is 11.6. The summed E-state index contributed by atoms with van der Waals surface area (Å²) in [4.78, 5) is 61.2. The maximum absolute atomic E-state index is 12.7. The van der Waals surface area contributed by atoms with Gasteiger partial charge in [0.15, 0.2) is 0 Å². The van der Waals surface area contributed by atoms with Crippen molar-refractivity contribution in [1.29, 1.82) is 0 Å². The number of aliphatic carboxylic acids is 1. The maximum atomic E-state index is 12.7. The van der Waals surface area contributed by atoms with Crippen LogP contribution in [-0.2, 0) is 30.4 Å². The number of nitrogens with one attached hydrogen (secondary N) is 4. The van der Waals surface area contributed by atoms with E-state index >= 15 is 0 Å². The molecule has 212 valence electrons. The summed E-state index contributed by atoms with van der Waals surface area (Å²) in [5, 5.41) is 38.1. The van der Waals surface area contributed by atoms with Gasteiger partial charge in [0.25, 0.3) is 0 Å². The summed E-state index contributed by atoms with van der Waals surface area (Å²) in [5.41, 5.74) is 11.8. The van der Waals surface area contributed by atoms with E-state index in [4.69, 9.17) is 11.5 Å². The van der Waals surface area contributed by atoms with Gasteiger partial charge in [-0.25, -0.2) is 4.79 Å². The number of hydrogen-bond acceptors (Lipinski definition) is 9. The van der Waals surface area contributed by atoms with Crippen molar-refractivity contribution in [1.82, 2.24) is 21.3 Å². The number of hydrogen-bond donors (Lipinski definition) is 9. The van der Waals surface area contributed by atoms with Crippen molar-refractivity contribution in [3.63, 3.8) is 0 Å². The van der Waals surface area contributed by atoms with Crippen LogP contribution >= 0.6 is 0 Å². The van der Waals surface area contributed by atoms with Crippen LogP contribution in [0, 0.1) is 0 Å². The number of rotatable bonds is 17. The van der Waals surface area contributed by atoms with Crippen LogP contribution in [-0.4, -0.2) is 94.9 Å². The lowest BCUT2D eigenvalue weighted by Gasteiger charge is -2.25. The van der Waals surface area contributed by atoms with Gasteiger partial charge in [-0.3, -0.25) is 19.2 Å². The molecule has 38 heavy (non-hydrogen) atoms. The number of amides is 4. The van der Waals surface area contributed by atoms with Crippen molar-refractivity contribution < 1.29 is 39.3 Å². The molecule has 0 aliphatic carbocycles. The highest BCUT2D eigenvalue weighted by Crippen LogP contribution is 2.05. The van der Waals surface area contributed by atoms with E-state index < -0.39 is 73.0 Å². The Hall–Kier alpha value is -3.59. The van der Waals surface area contributed by atoms with E-state index in [1.807, 2.05) is 0 Å². The molecule has 0 saturated carbocycles. The lowest BCUT2D eigenvalue weighted by Crippen LogP contribution is -2.60. The van der Waals surface area contributed by atoms with Gasteiger partial charge in [-0.1, -0.05) is 36.8 Å². The molecule has 0 radical (unpaired) electrons. The Morgan fingerprint density at radius 3 is 2.13 bits per heavy atom. The predicted molar refractivity (Wildman–Crippen MR) is 136 cm³/mol. The lowest BCUT2D eigenvalue weighted by atomic mass is 10.0. The number of carboxylic acid groups (broad SMARTS) is 1. The van der Waals surface area contributed by atoms with Gasteiger partial charge in [-0.05, 0) is 31.9 Å². The van der Waals surface area contributed by atoms with Gasteiger partial charge in [0.1, 0.15) is 18.1 Å². The molecule has 0 saturated heterocycles. The fraction of sp³-hybridized carbons (Fsp3) is 0.542. The Morgan fingerprint density at radius 1 is 0.921 bits per heavy atom. The molecule has 14 nitrogen and oxygen atoms in total. The summed E-state index contributed by atoms with van der Waals surface area (Å²) < 4.78 is 0. The van der Waals surface area contributed by atoms with Gasteiger partial charge < -0.3 is 48.1 Å². The number of unbranched alkanes of at least 4 members (excludes halogenated alkanes) is 1. The number of nitrogens with two attached hydrogens (primary N) is 2. The molecular weight excluding hydrogens is 500 g/mol. The van der Waals surface area contributed by atoms with Crippen LogP contribution in [0.1, 0.15) is 31.7 Å². The van der Waals surface area contributed by atoms with Gasteiger partial charge >= 0.3 is 5.97 Å². The average molecular weight is 539 g/mol. The first-order valence-electron chi connectivity index (χ1n) is 12.2. The minimum Gasteiger partial charge on any atom is -0.480 e. The fourth-order valence-corrected chi connectivity index (χ4v) is 3.35. The molecule has 0 fully saturated rings. The molecule has 4 amide bonds. The van der Waals surface area contributed by atoms with Crippen LogP contribution in [0.15, 0.2) is 30.3 Å². The Labute approximate surface area is 220 Å². The largest absolute Gasteiger partial charge is 0.480 e. The van der Waals surface area contributed by atoms with E-state index in [0.29, 0.717) is 31.4 Å². The average Bonchev–Trinajstić information content (AvgIpc) is 2.88. The van der Waals surface area contributed by atoms with Crippen LogP contribution < -0.4 is 32.7 Å². The Kier molecular flexibility index (Phi) is 14.5. The predicted octanol–water partition coefficient (Wildman–Crippen LogP) is -3.29. The van der Waals surface area contributed by atoms with E-state index in [9.17, 15) is 39.3 Å². The van der Waals surface area contributed by atoms with Gasteiger partial charge in [0, 0.05) is 6.42 Å². The summed E-state index contributed by atoms with van der Waals surface area (Å²) in [6.45, 7) is 0.292. The molecule has 1 aromatic carbocycles. The number of aliphatic hydroxyl groups excluding tert-OH is 2. The molecule has 0 bridgehead atoms. The summed E-state index contributed by atoms with van der Waals surface area (Å²) in [7, 11) is 0. The van der Waals surface area contributed by atoms with E-state index in [2.05, 4.69) is 21.3 Å². The van der Waals surface area contributed by atoms with Crippen molar-refractivity contribution in [2.24, 2.45) is 11.5 Å². The van der Waals surface area contributed by atoms with Crippen molar-refractivity contribution in [2.75, 3.05) is 19.7 Å². The molecule has 0 spiro atoms. The van der Waals surface area contributed by atoms with Gasteiger partial charge in [0.05, 0.1) is 25.3 Å². The standard InChI is InChI=1S/C24H38N6O8/c1-14(32)20(23(36)29-17(24(37)38)11-15-7-3-2-4-8-15)30-22(35)18(13-31)28-19(33)12-27-21(34)16(26)9-5-6-10-25/h2-4,7-8,14,16-18,20,31-32H,5-6,9-13,25-26H2,1H3,(H,27,34)(H,28,33)(H,29,36)(H,30,35)(H,37,38)/t14-,16+,17+,18+,20+/m1/s1. The Morgan fingerprint density at radius 2 is 1.58 bits per heavy atom. The van der Waals surface area contributed by atoms with Crippen LogP contribution in [0.2, 0.25) is 0 Å². The quantitative estimate of drug-likeness (QED) is 0.0894. The molecule has 0 unspecified atom stereocenters. The first kappa shape index (κ1) is 32.4. The minimum absolute atomic E-state index is 0.0416. The number of carbonyl (C=O) groups excluding carboxylic acids is 4. The molecule has 1 rings (SSSR count). The zero-order valence-corrected chi connectivity index (χ0v) is 21.3. The highest BCUT2D eigenvalue weighted by Gasteiger charge is 2.32. The summed E-state index contributed by atoms with van der Waals surface area (Å²) in [6.07, 6.45) is 0.231. The van der Waals surface area contributed by atoms with Gasteiger partial charge in [-0.2, -0.15) is 0 Å². The van der Waals surface area contributed by atoms with Crippen LogP contribution in [0.4, 0.5) is 0 Å². The summed E-state index contributed by atoms with van der Waals surface area (Å²) in [5.74, 6) is -4.69. The SMILES string of the molecule is C[C@@H](O)[C@H](NC(=O)[C@H](CO)NC(=O)CNC(=O)[C@@H](N)CCCCN)C(=O)N[C@@H](Cc1ccccc1)C(=O)O. The number of carbonyl (C=O) groups is 5. The Balaban J connectivity index is 2.70. The Bertz CT molecular complexity index is 930. The monoisotopic (exact) mass is 538 g/mol. The summed E-state index contributed by atoms with van der Waals surface area (Å²) >= 11 is 0. The molecule has 0 heterocycles. The molecule has 5 atom stereocenters.